The number of rotatable bonds is 3. The molecule has 0 aliphatic heterocycles. The number of fused-ring (bicyclic) bond motifs is 1. The first-order valence-electron chi connectivity index (χ1n) is 6.09. The number of hydrogen-bond donors (Lipinski definition) is 1. The first-order valence-corrected chi connectivity index (χ1v) is 6.09. The zero-order valence-corrected chi connectivity index (χ0v) is 10.7. The minimum atomic E-state index is -0.316. The number of carbonyl (C=O) groups is 1. The smallest absolute Gasteiger partial charge is 0.251 e. The Bertz CT molecular complexity index is 667. The van der Waals surface area contributed by atoms with Crippen molar-refractivity contribution in [1.82, 2.24) is 5.32 Å². The average Bonchev–Trinajstić information content (AvgIpc) is 2.44. The average molecular weight is 255 g/mol. The standard InChI is InChI=1S/C16H14FNO/c1-2-3-6-11-18-16(19)14-9-10-15(17)13-8-5-4-7-12(13)14/h4-5,7-10H,6,11H2,1H3,(H,18,19). The van der Waals surface area contributed by atoms with Crippen molar-refractivity contribution in [1.29, 1.82) is 0 Å². The minimum absolute atomic E-state index is 0.200. The highest BCUT2D eigenvalue weighted by Gasteiger charge is 2.11. The van der Waals surface area contributed by atoms with Crippen LogP contribution >= 0.6 is 0 Å². The molecule has 0 saturated heterocycles. The lowest BCUT2D eigenvalue weighted by Crippen LogP contribution is -2.24. The molecule has 2 rings (SSSR count). The Morgan fingerprint density at radius 3 is 2.68 bits per heavy atom. The van der Waals surface area contributed by atoms with E-state index < -0.39 is 0 Å². The summed E-state index contributed by atoms with van der Waals surface area (Å²) in [4.78, 5) is 12.1. The number of hydrogen-bond acceptors (Lipinski definition) is 1. The summed E-state index contributed by atoms with van der Waals surface area (Å²) in [7, 11) is 0. The van der Waals surface area contributed by atoms with Crippen LogP contribution in [0.15, 0.2) is 36.4 Å². The molecule has 1 N–H and O–H groups in total. The van der Waals surface area contributed by atoms with Crippen LogP contribution in [-0.2, 0) is 0 Å². The van der Waals surface area contributed by atoms with E-state index in [1.165, 1.54) is 12.1 Å². The largest absolute Gasteiger partial charge is 0.351 e. The Morgan fingerprint density at radius 1 is 1.21 bits per heavy atom. The Hall–Kier alpha value is -2.34. The van der Waals surface area contributed by atoms with Gasteiger partial charge in [0.2, 0.25) is 0 Å². The molecule has 0 atom stereocenters. The van der Waals surface area contributed by atoms with Crippen LogP contribution < -0.4 is 5.32 Å². The van der Waals surface area contributed by atoms with Gasteiger partial charge in [0, 0.05) is 23.9 Å². The topological polar surface area (TPSA) is 29.1 Å². The lowest BCUT2D eigenvalue weighted by Gasteiger charge is -2.07. The molecular formula is C16H14FNO. The van der Waals surface area contributed by atoms with Gasteiger partial charge >= 0.3 is 0 Å². The van der Waals surface area contributed by atoms with Gasteiger partial charge in [0.1, 0.15) is 5.82 Å². The van der Waals surface area contributed by atoms with Gasteiger partial charge in [-0.3, -0.25) is 4.79 Å². The van der Waals surface area contributed by atoms with E-state index in [0.717, 1.165) is 0 Å². The number of nitrogens with one attached hydrogen (secondary N) is 1. The highest BCUT2D eigenvalue weighted by Crippen LogP contribution is 2.21. The highest BCUT2D eigenvalue weighted by atomic mass is 19.1. The minimum Gasteiger partial charge on any atom is -0.351 e. The van der Waals surface area contributed by atoms with Crippen molar-refractivity contribution < 1.29 is 9.18 Å². The van der Waals surface area contributed by atoms with Crippen molar-refractivity contribution >= 4 is 16.7 Å². The van der Waals surface area contributed by atoms with Gasteiger partial charge in [0.25, 0.3) is 5.91 Å². The van der Waals surface area contributed by atoms with E-state index in [9.17, 15) is 9.18 Å². The van der Waals surface area contributed by atoms with Gasteiger partial charge in [-0.15, -0.1) is 11.8 Å². The fraction of sp³-hybridized carbons (Fsp3) is 0.188. The Morgan fingerprint density at radius 2 is 1.95 bits per heavy atom. The molecule has 0 aliphatic carbocycles. The van der Waals surface area contributed by atoms with Crippen molar-refractivity contribution in [3.05, 3.63) is 47.8 Å². The molecule has 0 radical (unpaired) electrons. The zero-order chi connectivity index (χ0) is 13.7. The summed E-state index contributed by atoms with van der Waals surface area (Å²) >= 11 is 0. The van der Waals surface area contributed by atoms with Crippen LogP contribution in [0.3, 0.4) is 0 Å². The number of carbonyl (C=O) groups excluding carboxylic acids is 1. The van der Waals surface area contributed by atoms with Crippen LogP contribution in [0.2, 0.25) is 0 Å². The maximum atomic E-state index is 13.6. The fourth-order valence-corrected chi connectivity index (χ4v) is 1.92. The monoisotopic (exact) mass is 255 g/mol. The summed E-state index contributed by atoms with van der Waals surface area (Å²) < 4.78 is 13.6. The molecular weight excluding hydrogens is 241 g/mol. The molecule has 0 aliphatic rings. The lowest BCUT2D eigenvalue weighted by atomic mass is 10.0. The van der Waals surface area contributed by atoms with Crippen LogP contribution in [0.4, 0.5) is 4.39 Å². The lowest BCUT2D eigenvalue weighted by molar-refractivity contribution is 0.0956. The Labute approximate surface area is 111 Å². The van der Waals surface area contributed by atoms with Crippen LogP contribution in [0.1, 0.15) is 23.7 Å². The first kappa shape index (κ1) is 13.1. The van der Waals surface area contributed by atoms with E-state index in [-0.39, 0.29) is 11.7 Å². The van der Waals surface area contributed by atoms with Crippen molar-refractivity contribution in [3.8, 4) is 11.8 Å². The number of benzene rings is 2. The van der Waals surface area contributed by atoms with E-state index in [1.807, 2.05) is 0 Å². The van der Waals surface area contributed by atoms with E-state index in [0.29, 0.717) is 29.3 Å². The number of amides is 1. The summed E-state index contributed by atoms with van der Waals surface area (Å²) in [5.74, 6) is 5.13. The predicted octanol–water partition coefficient (Wildman–Crippen LogP) is 3.12. The normalized spacial score (nSPS) is 9.79. The van der Waals surface area contributed by atoms with Gasteiger partial charge in [-0.25, -0.2) is 4.39 Å². The molecule has 0 aromatic heterocycles. The number of halogens is 1. The molecule has 0 heterocycles. The second kappa shape index (κ2) is 6.01. The van der Waals surface area contributed by atoms with Gasteiger partial charge in [-0.2, -0.15) is 0 Å². The quantitative estimate of drug-likeness (QED) is 0.662. The molecule has 0 spiro atoms. The third-order valence-corrected chi connectivity index (χ3v) is 2.83. The van der Waals surface area contributed by atoms with Crippen LogP contribution in [0.5, 0.6) is 0 Å². The second-order valence-corrected chi connectivity index (χ2v) is 4.07. The van der Waals surface area contributed by atoms with Gasteiger partial charge in [0.05, 0.1) is 0 Å². The maximum Gasteiger partial charge on any atom is 0.251 e. The third-order valence-electron chi connectivity index (χ3n) is 2.83. The maximum absolute atomic E-state index is 13.6. The van der Waals surface area contributed by atoms with E-state index >= 15 is 0 Å². The summed E-state index contributed by atoms with van der Waals surface area (Å²) in [6.45, 7) is 2.25. The molecule has 3 heteroatoms. The molecule has 0 bridgehead atoms. The van der Waals surface area contributed by atoms with Gasteiger partial charge < -0.3 is 5.32 Å². The van der Waals surface area contributed by atoms with Crippen LogP contribution in [-0.4, -0.2) is 12.5 Å². The first-order chi connectivity index (χ1) is 9.24. The Kier molecular flexibility index (Phi) is 4.15. The van der Waals surface area contributed by atoms with E-state index in [2.05, 4.69) is 17.2 Å². The van der Waals surface area contributed by atoms with Crippen molar-refractivity contribution in [3.63, 3.8) is 0 Å². The third kappa shape index (κ3) is 2.92. The van der Waals surface area contributed by atoms with Crippen molar-refractivity contribution in [2.24, 2.45) is 0 Å². The second-order valence-electron chi connectivity index (χ2n) is 4.07. The molecule has 0 unspecified atom stereocenters. The van der Waals surface area contributed by atoms with E-state index in [4.69, 9.17) is 0 Å². The highest BCUT2D eigenvalue weighted by molar-refractivity contribution is 6.07. The van der Waals surface area contributed by atoms with Crippen molar-refractivity contribution in [2.75, 3.05) is 6.54 Å². The molecule has 1 amide bonds. The summed E-state index contributed by atoms with van der Waals surface area (Å²) in [5, 5.41) is 3.87. The van der Waals surface area contributed by atoms with E-state index in [1.54, 1.807) is 31.2 Å². The fourth-order valence-electron chi connectivity index (χ4n) is 1.92. The van der Waals surface area contributed by atoms with Gasteiger partial charge in [-0.05, 0) is 24.4 Å². The molecule has 19 heavy (non-hydrogen) atoms. The molecule has 2 nitrogen and oxygen atoms in total. The zero-order valence-electron chi connectivity index (χ0n) is 10.7. The predicted molar refractivity (Wildman–Crippen MR) is 74.3 cm³/mol. The Balaban J connectivity index is 2.26. The summed E-state index contributed by atoms with van der Waals surface area (Å²) in [6, 6.07) is 9.80. The van der Waals surface area contributed by atoms with Crippen LogP contribution in [0, 0.1) is 17.7 Å². The molecule has 0 saturated carbocycles. The molecule has 2 aromatic carbocycles. The van der Waals surface area contributed by atoms with Crippen molar-refractivity contribution in [2.45, 2.75) is 13.3 Å². The van der Waals surface area contributed by atoms with Crippen LogP contribution in [0.25, 0.3) is 10.8 Å². The summed E-state index contributed by atoms with van der Waals surface area (Å²) in [6.07, 6.45) is 0.612. The molecule has 2 aromatic rings. The van der Waals surface area contributed by atoms with Gasteiger partial charge in [-0.1, -0.05) is 24.3 Å². The SMILES string of the molecule is CC#CCCNC(=O)c1ccc(F)c2ccccc12. The molecule has 96 valence electrons. The van der Waals surface area contributed by atoms with Gasteiger partial charge in [0.15, 0.2) is 0 Å². The summed E-state index contributed by atoms with van der Waals surface area (Å²) in [5.41, 5.74) is 0.487. The molecule has 0 fully saturated rings.